The van der Waals surface area contributed by atoms with Gasteiger partial charge in [-0.3, -0.25) is 13.8 Å². The lowest BCUT2D eigenvalue weighted by Gasteiger charge is -2.15. The van der Waals surface area contributed by atoms with E-state index in [1.807, 2.05) is 0 Å². The first-order chi connectivity index (χ1) is 11.6. The fraction of sp³-hybridized carbons (Fsp3) is 0.778. The summed E-state index contributed by atoms with van der Waals surface area (Å²) in [5.74, 6) is -1.06. The van der Waals surface area contributed by atoms with E-state index in [4.69, 9.17) is 45.1 Å². The average molecular weight is 430 g/mol. The first-order valence-corrected chi connectivity index (χ1v) is 9.42. The summed E-state index contributed by atoms with van der Waals surface area (Å²) in [6, 6.07) is 0. The molecule has 0 radical (unpaired) electrons. The number of phosphoric acid groups is 2. The highest BCUT2D eigenvalue weighted by Crippen LogP contribution is 2.36. The molecule has 26 heavy (non-hydrogen) atoms. The van der Waals surface area contributed by atoms with Crippen LogP contribution in [0.25, 0.3) is 0 Å². The lowest BCUT2D eigenvalue weighted by Crippen LogP contribution is -2.38. The molecule has 9 N–H and O–H groups in total. The Hall–Kier alpha value is -0.640. The topological polar surface area (TPSA) is 269 Å². The molecule has 0 aromatic heterocycles. The van der Waals surface area contributed by atoms with Crippen LogP contribution in [0.15, 0.2) is 0 Å². The number of aliphatic hydroxyl groups excluding tert-OH is 5. The molecule has 0 aliphatic carbocycles. The van der Waals surface area contributed by atoms with Crippen molar-refractivity contribution >= 4 is 27.7 Å². The summed E-state index contributed by atoms with van der Waals surface area (Å²) < 4.78 is 27.8. The molecule has 0 saturated carbocycles. The van der Waals surface area contributed by atoms with Gasteiger partial charge in [0.25, 0.3) is 0 Å². The van der Waals surface area contributed by atoms with Gasteiger partial charge in [0.1, 0.15) is 31.0 Å². The number of Topliss-reactive ketones (excluding diaryl/α,β-unsaturated/α-hetero) is 1. The third kappa shape index (κ3) is 15.6. The normalized spacial score (nSPS) is 16.7. The highest BCUT2D eigenvalue weighted by Gasteiger charge is 2.26. The van der Waals surface area contributed by atoms with Crippen molar-refractivity contribution in [1.29, 1.82) is 0 Å². The summed E-state index contributed by atoms with van der Waals surface area (Å²) in [6.45, 7) is -2.69. The second-order valence-electron chi connectivity index (χ2n) is 4.40. The van der Waals surface area contributed by atoms with Crippen LogP contribution >= 0.6 is 15.6 Å². The zero-order chi connectivity index (χ0) is 21.1. The van der Waals surface area contributed by atoms with E-state index in [0.717, 1.165) is 0 Å². The molecule has 0 heterocycles. The number of hydrogen-bond acceptors (Lipinski definition) is 11. The van der Waals surface area contributed by atoms with Crippen molar-refractivity contribution in [3.8, 4) is 0 Å². The van der Waals surface area contributed by atoms with E-state index >= 15 is 0 Å². The Morgan fingerprint density at radius 2 is 1.27 bits per heavy atom. The van der Waals surface area contributed by atoms with E-state index < -0.39 is 65.7 Å². The molecular formula is C9H20O15P2. The molecule has 0 aliphatic rings. The predicted molar refractivity (Wildman–Crippen MR) is 78.2 cm³/mol. The first kappa shape index (κ1) is 27.6. The molecule has 0 bridgehead atoms. The number of carbonyl (C=O) groups excluding carboxylic acids is 2. The molecule has 0 aromatic carbocycles. The van der Waals surface area contributed by atoms with Gasteiger partial charge in [0, 0.05) is 0 Å². The monoisotopic (exact) mass is 430 g/mol. The van der Waals surface area contributed by atoms with Gasteiger partial charge in [-0.1, -0.05) is 0 Å². The summed E-state index contributed by atoms with van der Waals surface area (Å²) in [4.78, 5) is 53.0. The van der Waals surface area contributed by atoms with Crippen LogP contribution in [0.4, 0.5) is 0 Å². The minimum absolute atomic E-state index is 0.0354. The highest BCUT2D eigenvalue weighted by atomic mass is 31.2. The Morgan fingerprint density at radius 1 is 0.885 bits per heavy atom. The summed E-state index contributed by atoms with van der Waals surface area (Å²) >= 11 is 0. The third-order valence-electron chi connectivity index (χ3n) is 2.21. The van der Waals surface area contributed by atoms with Gasteiger partial charge >= 0.3 is 15.6 Å². The maximum Gasteiger partial charge on any atom is 0.469 e. The summed E-state index contributed by atoms with van der Waals surface area (Å²) in [7, 11) is -9.40. The maximum atomic E-state index is 10.6. The molecule has 0 fully saturated rings. The number of rotatable bonds is 11. The Morgan fingerprint density at radius 3 is 1.58 bits per heavy atom. The van der Waals surface area contributed by atoms with Crippen LogP contribution in [0.3, 0.4) is 0 Å². The maximum absolute atomic E-state index is 10.6. The second kappa shape index (κ2) is 12.7. The number of aldehydes is 1. The van der Waals surface area contributed by atoms with Crippen molar-refractivity contribution in [2.45, 2.75) is 24.4 Å². The molecule has 0 rings (SSSR count). The van der Waals surface area contributed by atoms with Crippen molar-refractivity contribution in [3.05, 3.63) is 0 Å². The molecule has 0 amide bonds. The predicted octanol–water partition coefficient (Wildman–Crippen LogP) is -4.60. The molecule has 4 atom stereocenters. The minimum atomic E-state index is -4.74. The standard InChI is InChI=1S/C5H11O8P.C4H9O7P/c6-1-3(7)5(9)4(8)2-13-14(10,11)12;5-1-3(6)4(7)2-11-12(8,9)10/h4-6,8-9H,1-2H2,(H2,10,11,12);1,3-4,6-7H,2H2,(H2,8,9,10). The van der Waals surface area contributed by atoms with Crippen LogP contribution in [0.1, 0.15) is 0 Å². The van der Waals surface area contributed by atoms with Crippen molar-refractivity contribution in [2.24, 2.45) is 0 Å². The molecule has 15 nitrogen and oxygen atoms in total. The van der Waals surface area contributed by atoms with Crippen LogP contribution < -0.4 is 0 Å². The zero-order valence-electron chi connectivity index (χ0n) is 12.9. The molecule has 0 aromatic rings. The minimum Gasteiger partial charge on any atom is -0.388 e. The second-order valence-corrected chi connectivity index (χ2v) is 6.88. The first-order valence-electron chi connectivity index (χ1n) is 6.36. The van der Waals surface area contributed by atoms with Gasteiger partial charge in [-0.25, -0.2) is 9.13 Å². The summed E-state index contributed by atoms with van der Waals surface area (Å²) in [6.07, 6.45) is -7.01. The molecule has 156 valence electrons. The quantitative estimate of drug-likeness (QED) is 0.110. The number of hydrogen-bond donors (Lipinski definition) is 9. The van der Waals surface area contributed by atoms with Gasteiger partial charge in [-0.2, -0.15) is 0 Å². The van der Waals surface area contributed by atoms with E-state index in [1.165, 1.54) is 0 Å². The number of aliphatic hydroxyl groups is 5. The Balaban J connectivity index is 0. The van der Waals surface area contributed by atoms with Crippen LogP contribution in [-0.4, -0.2) is 101 Å². The van der Waals surface area contributed by atoms with Gasteiger partial charge in [0.2, 0.25) is 0 Å². The number of phosphoric ester groups is 2. The lowest BCUT2D eigenvalue weighted by molar-refractivity contribution is -0.137. The van der Waals surface area contributed by atoms with Crippen molar-refractivity contribution in [2.75, 3.05) is 19.8 Å². The van der Waals surface area contributed by atoms with Gasteiger partial charge in [-0.15, -0.1) is 0 Å². The Kier molecular flexibility index (Phi) is 13.5. The van der Waals surface area contributed by atoms with Crippen LogP contribution in [0.2, 0.25) is 0 Å². The molecule has 17 heteroatoms. The molecule has 0 spiro atoms. The van der Waals surface area contributed by atoms with Crippen LogP contribution in [0, 0.1) is 0 Å². The number of ketones is 1. The fourth-order valence-corrected chi connectivity index (χ4v) is 1.63. The fourth-order valence-electron chi connectivity index (χ4n) is 0.935. The summed E-state index contributed by atoms with van der Waals surface area (Å²) in [5, 5.41) is 43.4. The smallest absolute Gasteiger partial charge is 0.388 e. The van der Waals surface area contributed by atoms with Crippen LogP contribution in [0.5, 0.6) is 0 Å². The SMILES string of the molecule is O=C(CO)C(O)C(O)COP(=O)(O)O.O=CC(O)C(O)COP(=O)(O)O. The number of carbonyl (C=O) groups is 2. The van der Waals surface area contributed by atoms with E-state index in [2.05, 4.69) is 9.05 Å². The van der Waals surface area contributed by atoms with E-state index in [0.29, 0.717) is 0 Å². The Labute approximate surface area is 145 Å². The molecule has 4 unspecified atom stereocenters. The highest BCUT2D eigenvalue weighted by molar-refractivity contribution is 7.46. The summed E-state index contributed by atoms with van der Waals surface area (Å²) in [5.41, 5.74) is 0. The van der Waals surface area contributed by atoms with Crippen molar-refractivity contribution in [1.82, 2.24) is 0 Å². The molecule has 0 aliphatic heterocycles. The lowest BCUT2D eigenvalue weighted by atomic mass is 10.1. The average Bonchev–Trinajstić information content (AvgIpc) is 2.54. The van der Waals surface area contributed by atoms with Gasteiger partial charge in [0.15, 0.2) is 12.1 Å². The molecule has 0 saturated heterocycles. The van der Waals surface area contributed by atoms with Crippen LogP contribution in [-0.2, 0) is 27.8 Å². The zero-order valence-corrected chi connectivity index (χ0v) is 14.7. The van der Waals surface area contributed by atoms with E-state index in [9.17, 15) is 18.7 Å². The van der Waals surface area contributed by atoms with E-state index in [1.54, 1.807) is 0 Å². The van der Waals surface area contributed by atoms with Gasteiger partial charge < -0.3 is 49.9 Å². The molecular weight excluding hydrogens is 410 g/mol. The van der Waals surface area contributed by atoms with Gasteiger partial charge in [-0.05, 0) is 0 Å². The van der Waals surface area contributed by atoms with Crippen molar-refractivity contribution < 1.29 is 72.9 Å². The third-order valence-corrected chi connectivity index (χ3v) is 3.18. The van der Waals surface area contributed by atoms with E-state index in [-0.39, 0.29) is 6.29 Å². The Bertz CT molecular complexity index is 511. The van der Waals surface area contributed by atoms with Gasteiger partial charge in [0.05, 0.1) is 13.2 Å². The van der Waals surface area contributed by atoms with Crippen molar-refractivity contribution in [3.63, 3.8) is 0 Å². The largest absolute Gasteiger partial charge is 0.469 e.